The molecule has 0 amide bonds. The molecule has 0 aromatic carbocycles. The summed E-state index contributed by atoms with van der Waals surface area (Å²) in [6.45, 7) is 6.71. The van der Waals surface area contributed by atoms with Crippen LogP contribution in [0.2, 0.25) is 0 Å². The molecule has 1 aliphatic heterocycles. The second-order valence-electron chi connectivity index (χ2n) is 5.25. The highest BCUT2D eigenvalue weighted by molar-refractivity contribution is 9.10. The fraction of sp³-hybridized carbons (Fsp3) is 0.786. The number of methoxy groups -OCH3 is 1. The normalized spacial score (nSPS) is 21.6. The molecule has 6 nitrogen and oxygen atoms in total. The van der Waals surface area contributed by atoms with Gasteiger partial charge in [-0.05, 0) is 28.9 Å². The number of hydrogen-bond acceptors (Lipinski definition) is 5. The Morgan fingerprint density at radius 2 is 2.38 bits per heavy atom. The van der Waals surface area contributed by atoms with Crippen molar-refractivity contribution < 1.29 is 14.6 Å². The van der Waals surface area contributed by atoms with E-state index < -0.39 is 6.10 Å². The van der Waals surface area contributed by atoms with E-state index in [0.717, 1.165) is 36.2 Å². The second kappa shape index (κ2) is 8.24. The molecule has 120 valence electrons. The molecule has 1 aliphatic rings. The molecule has 0 aliphatic carbocycles. The van der Waals surface area contributed by atoms with Crippen LogP contribution in [0, 0.1) is 0 Å². The monoisotopic (exact) mass is 361 g/mol. The fourth-order valence-corrected chi connectivity index (χ4v) is 3.17. The quantitative estimate of drug-likeness (QED) is 0.796. The van der Waals surface area contributed by atoms with E-state index in [1.54, 1.807) is 18.0 Å². The van der Waals surface area contributed by atoms with Crippen LogP contribution in [0.1, 0.15) is 25.1 Å². The maximum absolute atomic E-state index is 10.7. The van der Waals surface area contributed by atoms with Gasteiger partial charge in [0.25, 0.3) is 0 Å². The van der Waals surface area contributed by atoms with E-state index in [0.29, 0.717) is 19.8 Å². The molecule has 1 fully saturated rings. The van der Waals surface area contributed by atoms with Crippen LogP contribution in [0.5, 0.6) is 0 Å². The van der Waals surface area contributed by atoms with Gasteiger partial charge in [-0.25, -0.2) is 0 Å². The minimum atomic E-state index is -0.696. The molecule has 1 N–H and O–H groups in total. The Hall–Kier alpha value is -0.470. The lowest BCUT2D eigenvalue weighted by molar-refractivity contribution is -0.0925. The number of aliphatic hydroxyl groups is 1. The smallest absolute Gasteiger partial charge is 0.124 e. The van der Waals surface area contributed by atoms with E-state index in [-0.39, 0.29) is 6.10 Å². The van der Waals surface area contributed by atoms with Gasteiger partial charge in [0.05, 0.1) is 36.1 Å². The van der Waals surface area contributed by atoms with Crippen LogP contribution in [0.25, 0.3) is 0 Å². The minimum Gasteiger partial charge on any atom is -0.384 e. The number of hydrogen-bond donors (Lipinski definition) is 1. The number of rotatable bonds is 7. The van der Waals surface area contributed by atoms with Crippen molar-refractivity contribution in [1.29, 1.82) is 0 Å². The molecule has 2 heterocycles. The van der Waals surface area contributed by atoms with E-state index in [1.807, 2.05) is 0 Å². The number of aromatic nitrogens is 2. The predicted octanol–water partition coefficient (Wildman–Crippen LogP) is 1.44. The van der Waals surface area contributed by atoms with Gasteiger partial charge in [-0.1, -0.05) is 6.92 Å². The molecule has 2 atom stereocenters. The summed E-state index contributed by atoms with van der Waals surface area (Å²) < 4.78 is 13.4. The standard InChI is InChI=1S/C14H24BrN3O3/c1-3-4-17-5-8-21-12(10-17)14(19)13-11(15)9-16-18(13)6-7-20-2/h9,12,14,19H,3-8,10H2,1-2H3. The Bertz CT molecular complexity index is 439. The zero-order valence-corrected chi connectivity index (χ0v) is 14.3. The molecule has 1 aromatic rings. The van der Waals surface area contributed by atoms with Crippen molar-refractivity contribution >= 4 is 15.9 Å². The van der Waals surface area contributed by atoms with E-state index in [1.165, 1.54) is 0 Å². The summed E-state index contributed by atoms with van der Waals surface area (Å²) >= 11 is 3.47. The number of ether oxygens (including phenoxy) is 2. The maximum Gasteiger partial charge on any atom is 0.124 e. The zero-order valence-electron chi connectivity index (χ0n) is 12.7. The highest BCUT2D eigenvalue weighted by Crippen LogP contribution is 2.28. The minimum absolute atomic E-state index is 0.223. The van der Waals surface area contributed by atoms with Gasteiger partial charge in [0.2, 0.25) is 0 Å². The van der Waals surface area contributed by atoms with Gasteiger partial charge >= 0.3 is 0 Å². The molecule has 1 aromatic heterocycles. The van der Waals surface area contributed by atoms with E-state index >= 15 is 0 Å². The highest BCUT2D eigenvalue weighted by Gasteiger charge is 2.31. The zero-order chi connectivity index (χ0) is 15.2. The van der Waals surface area contributed by atoms with Crippen LogP contribution in [-0.4, -0.2) is 65.8 Å². The molecule has 21 heavy (non-hydrogen) atoms. The van der Waals surface area contributed by atoms with Crippen LogP contribution in [0.4, 0.5) is 0 Å². The largest absolute Gasteiger partial charge is 0.384 e. The highest BCUT2D eigenvalue weighted by atomic mass is 79.9. The number of morpholine rings is 1. The summed E-state index contributed by atoms with van der Waals surface area (Å²) in [5.74, 6) is 0. The Morgan fingerprint density at radius 1 is 1.57 bits per heavy atom. The van der Waals surface area contributed by atoms with Gasteiger partial charge in [-0.2, -0.15) is 5.10 Å². The van der Waals surface area contributed by atoms with E-state index in [4.69, 9.17) is 9.47 Å². The predicted molar refractivity (Wildman–Crippen MR) is 83.2 cm³/mol. The first-order chi connectivity index (χ1) is 10.2. The average molecular weight is 362 g/mol. The van der Waals surface area contributed by atoms with Gasteiger partial charge in [0.15, 0.2) is 0 Å². The first-order valence-corrected chi connectivity index (χ1v) is 8.18. The second-order valence-corrected chi connectivity index (χ2v) is 6.10. The van der Waals surface area contributed by atoms with Gasteiger partial charge in [0, 0.05) is 20.2 Å². The maximum atomic E-state index is 10.7. The lowest BCUT2D eigenvalue weighted by atomic mass is 10.1. The van der Waals surface area contributed by atoms with Gasteiger partial charge in [0.1, 0.15) is 12.2 Å². The molecule has 0 saturated carbocycles. The Kier molecular flexibility index (Phi) is 6.63. The molecule has 2 rings (SSSR count). The summed E-state index contributed by atoms with van der Waals surface area (Å²) in [7, 11) is 1.65. The van der Waals surface area contributed by atoms with Crippen molar-refractivity contribution in [3.05, 3.63) is 16.4 Å². The number of nitrogens with zero attached hydrogens (tertiary/aromatic N) is 3. The van der Waals surface area contributed by atoms with Crippen LogP contribution < -0.4 is 0 Å². The first kappa shape index (κ1) is 16.9. The van der Waals surface area contributed by atoms with Crippen LogP contribution in [0.15, 0.2) is 10.7 Å². The Morgan fingerprint density at radius 3 is 3.10 bits per heavy atom. The van der Waals surface area contributed by atoms with Crippen molar-refractivity contribution in [2.24, 2.45) is 0 Å². The molecule has 0 radical (unpaired) electrons. The lowest BCUT2D eigenvalue weighted by Crippen LogP contribution is -2.45. The molecule has 7 heteroatoms. The van der Waals surface area contributed by atoms with Gasteiger partial charge in [-0.3, -0.25) is 9.58 Å². The summed E-state index contributed by atoms with van der Waals surface area (Å²) in [5.41, 5.74) is 0.760. The van der Waals surface area contributed by atoms with Gasteiger partial charge < -0.3 is 14.6 Å². The first-order valence-electron chi connectivity index (χ1n) is 7.39. The van der Waals surface area contributed by atoms with Crippen molar-refractivity contribution in [1.82, 2.24) is 14.7 Å². The molecular formula is C14H24BrN3O3. The topological polar surface area (TPSA) is 59.8 Å². The van der Waals surface area contributed by atoms with E-state index in [9.17, 15) is 5.11 Å². The van der Waals surface area contributed by atoms with Crippen molar-refractivity contribution in [3.63, 3.8) is 0 Å². The van der Waals surface area contributed by atoms with Crippen LogP contribution in [-0.2, 0) is 16.0 Å². The molecule has 0 bridgehead atoms. The van der Waals surface area contributed by atoms with Crippen LogP contribution >= 0.6 is 15.9 Å². The summed E-state index contributed by atoms with van der Waals surface area (Å²) in [4.78, 5) is 2.33. The average Bonchev–Trinajstić information content (AvgIpc) is 2.86. The number of halogens is 1. The third-order valence-electron chi connectivity index (χ3n) is 3.69. The third kappa shape index (κ3) is 4.26. The molecular weight excluding hydrogens is 338 g/mol. The Labute approximate surface area is 134 Å². The molecule has 0 spiro atoms. The summed E-state index contributed by atoms with van der Waals surface area (Å²) in [6.07, 6.45) is 1.90. The SMILES string of the molecule is CCCN1CCOC(C(O)c2c(Br)cnn2CCOC)C1. The molecule has 2 unspecified atom stereocenters. The molecule has 1 saturated heterocycles. The summed E-state index contributed by atoms with van der Waals surface area (Å²) in [5, 5.41) is 15.0. The number of aliphatic hydroxyl groups excluding tert-OH is 1. The van der Waals surface area contributed by atoms with Crippen molar-refractivity contribution in [2.45, 2.75) is 32.1 Å². The van der Waals surface area contributed by atoms with Gasteiger partial charge in [-0.15, -0.1) is 0 Å². The van der Waals surface area contributed by atoms with E-state index in [2.05, 4.69) is 32.9 Å². The van der Waals surface area contributed by atoms with Crippen LogP contribution in [0.3, 0.4) is 0 Å². The summed E-state index contributed by atoms with van der Waals surface area (Å²) in [6, 6.07) is 0. The van der Waals surface area contributed by atoms with Crippen molar-refractivity contribution in [2.75, 3.05) is 40.0 Å². The fourth-order valence-electron chi connectivity index (χ4n) is 2.64. The Balaban J connectivity index is 2.08. The van der Waals surface area contributed by atoms with Crippen molar-refractivity contribution in [3.8, 4) is 0 Å². The lowest BCUT2D eigenvalue weighted by Gasteiger charge is -2.35. The third-order valence-corrected chi connectivity index (χ3v) is 4.30.